The Hall–Kier alpha value is -1.79. The molecule has 1 aliphatic carbocycles. The molecular weight excluding hydrogens is 314 g/mol. The van der Waals surface area contributed by atoms with E-state index in [0.29, 0.717) is 17.9 Å². The maximum absolute atomic E-state index is 5.52. The van der Waals surface area contributed by atoms with E-state index in [9.17, 15) is 0 Å². The molecule has 3 atom stereocenters. The van der Waals surface area contributed by atoms with Gasteiger partial charge < -0.3 is 4.52 Å². The molecule has 3 heterocycles. The first-order valence-electron chi connectivity index (χ1n) is 9.27. The molecule has 1 saturated carbocycles. The molecular formula is C19H27N5O. The summed E-state index contributed by atoms with van der Waals surface area (Å²) in [6.45, 7) is 4.28. The van der Waals surface area contributed by atoms with Crippen molar-refractivity contribution in [3.63, 3.8) is 0 Å². The average Bonchev–Trinajstić information content (AvgIpc) is 3.25. The smallest absolute Gasteiger partial charge is 0.243 e. The molecule has 0 amide bonds. The van der Waals surface area contributed by atoms with E-state index in [0.717, 1.165) is 24.8 Å². The first-order valence-corrected chi connectivity index (χ1v) is 9.27. The molecule has 1 aliphatic heterocycles. The number of aromatic nitrogens is 3. The second-order valence-corrected chi connectivity index (χ2v) is 7.64. The minimum Gasteiger partial charge on any atom is -0.338 e. The van der Waals surface area contributed by atoms with Crippen LogP contribution >= 0.6 is 0 Å². The zero-order valence-corrected chi connectivity index (χ0v) is 15.3. The fraction of sp³-hybridized carbons (Fsp3) is 0.632. The van der Waals surface area contributed by atoms with Crippen molar-refractivity contribution in [2.45, 2.75) is 44.2 Å². The molecule has 2 aromatic rings. The van der Waals surface area contributed by atoms with Crippen LogP contribution in [0.3, 0.4) is 0 Å². The van der Waals surface area contributed by atoms with Crippen LogP contribution in [0, 0.1) is 5.92 Å². The third-order valence-electron chi connectivity index (χ3n) is 5.74. The first kappa shape index (κ1) is 16.7. The van der Waals surface area contributed by atoms with Crippen molar-refractivity contribution < 1.29 is 4.52 Å². The lowest BCUT2D eigenvalue weighted by molar-refractivity contribution is 0.162. The van der Waals surface area contributed by atoms with Crippen LogP contribution in [0.4, 0.5) is 0 Å². The van der Waals surface area contributed by atoms with Gasteiger partial charge in [-0.1, -0.05) is 11.2 Å². The Labute approximate surface area is 149 Å². The Balaban J connectivity index is 1.44. The van der Waals surface area contributed by atoms with Crippen molar-refractivity contribution in [2.75, 3.05) is 27.2 Å². The zero-order chi connectivity index (χ0) is 17.4. The summed E-state index contributed by atoms with van der Waals surface area (Å²) >= 11 is 0. The highest BCUT2D eigenvalue weighted by Crippen LogP contribution is 2.39. The number of hydrogen-bond acceptors (Lipinski definition) is 6. The molecule has 6 heteroatoms. The second-order valence-electron chi connectivity index (χ2n) is 7.64. The van der Waals surface area contributed by atoms with Gasteiger partial charge in [-0.15, -0.1) is 0 Å². The van der Waals surface area contributed by atoms with Gasteiger partial charge in [0.05, 0.1) is 6.04 Å². The summed E-state index contributed by atoms with van der Waals surface area (Å²) in [6.07, 6.45) is 7.44. The second kappa shape index (κ2) is 6.84. The minimum atomic E-state index is 0.139. The highest BCUT2D eigenvalue weighted by Gasteiger charge is 2.35. The molecule has 0 bridgehead atoms. The van der Waals surface area contributed by atoms with E-state index in [4.69, 9.17) is 4.52 Å². The van der Waals surface area contributed by atoms with Crippen molar-refractivity contribution in [1.29, 1.82) is 0 Å². The van der Waals surface area contributed by atoms with Gasteiger partial charge in [-0.25, -0.2) is 0 Å². The number of nitrogens with zero attached hydrogens (tertiary/aromatic N) is 5. The van der Waals surface area contributed by atoms with Crippen LogP contribution in [0.15, 0.2) is 29.0 Å². The number of hydrogen-bond donors (Lipinski definition) is 0. The van der Waals surface area contributed by atoms with Crippen molar-refractivity contribution in [3.05, 3.63) is 41.8 Å². The van der Waals surface area contributed by atoms with E-state index < -0.39 is 0 Å². The lowest BCUT2D eigenvalue weighted by atomic mass is 9.94. The highest BCUT2D eigenvalue weighted by atomic mass is 16.5. The maximum atomic E-state index is 5.52. The van der Waals surface area contributed by atoms with E-state index in [2.05, 4.69) is 52.0 Å². The van der Waals surface area contributed by atoms with Gasteiger partial charge in [-0.2, -0.15) is 4.98 Å². The molecule has 134 valence electrons. The fourth-order valence-corrected chi connectivity index (χ4v) is 3.94. The van der Waals surface area contributed by atoms with E-state index in [1.807, 2.05) is 18.5 Å². The van der Waals surface area contributed by atoms with Crippen LogP contribution in [0.2, 0.25) is 0 Å². The van der Waals surface area contributed by atoms with Crippen LogP contribution in [0.25, 0.3) is 0 Å². The van der Waals surface area contributed by atoms with E-state index >= 15 is 0 Å². The van der Waals surface area contributed by atoms with Crippen LogP contribution in [0.5, 0.6) is 0 Å². The van der Waals surface area contributed by atoms with Gasteiger partial charge in [-0.05, 0) is 64.4 Å². The van der Waals surface area contributed by atoms with E-state index in [1.165, 1.54) is 24.8 Å². The van der Waals surface area contributed by atoms with Gasteiger partial charge >= 0.3 is 0 Å². The van der Waals surface area contributed by atoms with Crippen LogP contribution in [0.1, 0.15) is 61.5 Å². The number of pyridine rings is 1. The summed E-state index contributed by atoms with van der Waals surface area (Å²) in [4.78, 5) is 13.7. The molecule has 0 N–H and O–H groups in total. The summed E-state index contributed by atoms with van der Waals surface area (Å²) in [5.74, 6) is 2.75. The topological polar surface area (TPSA) is 58.3 Å². The Bertz CT molecular complexity index is 699. The standard InChI is InChI=1S/C19H27N5O/c1-13(19-21-18(22-25-19)14-6-7-14)24(3)12-16-8-10-23(2)17(16)15-5-4-9-20-11-15/h4-5,9,11,13-14,16-17H,6-8,10,12H2,1-3H3/t13-,16-,17-/m0/s1. The summed E-state index contributed by atoms with van der Waals surface area (Å²) < 4.78 is 5.52. The number of rotatable bonds is 6. The van der Waals surface area contributed by atoms with Crippen LogP contribution in [-0.4, -0.2) is 52.1 Å². The van der Waals surface area contributed by atoms with Crippen LogP contribution < -0.4 is 0 Å². The molecule has 0 radical (unpaired) electrons. The van der Waals surface area contributed by atoms with Crippen molar-refractivity contribution in [2.24, 2.45) is 5.92 Å². The third kappa shape index (κ3) is 3.46. The molecule has 25 heavy (non-hydrogen) atoms. The monoisotopic (exact) mass is 341 g/mol. The van der Waals surface area contributed by atoms with E-state index in [-0.39, 0.29) is 6.04 Å². The van der Waals surface area contributed by atoms with Crippen LogP contribution in [-0.2, 0) is 0 Å². The molecule has 2 fully saturated rings. The quantitative estimate of drug-likeness (QED) is 0.805. The maximum Gasteiger partial charge on any atom is 0.243 e. The van der Waals surface area contributed by atoms with Crippen molar-refractivity contribution in [3.8, 4) is 0 Å². The van der Waals surface area contributed by atoms with E-state index in [1.54, 1.807) is 0 Å². The molecule has 0 spiro atoms. The normalized spacial score (nSPS) is 25.6. The largest absolute Gasteiger partial charge is 0.338 e. The third-order valence-corrected chi connectivity index (χ3v) is 5.74. The van der Waals surface area contributed by atoms with Gasteiger partial charge in [0.2, 0.25) is 5.89 Å². The predicted octanol–water partition coefficient (Wildman–Crippen LogP) is 3.03. The molecule has 1 saturated heterocycles. The highest BCUT2D eigenvalue weighted by molar-refractivity contribution is 5.17. The van der Waals surface area contributed by atoms with Gasteiger partial charge in [0.15, 0.2) is 5.82 Å². The Morgan fingerprint density at radius 3 is 2.92 bits per heavy atom. The van der Waals surface area contributed by atoms with Gasteiger partial charge in [0, 0.05) is 30.9 Å². The molecule has 4 rings (SSSR count). The fourth-order valence-electron chi connectivity index (χ4n) is 3.94. The SMILES string of the molecule is C[C@@H](c1nc(C2CC2)no1)N(C)C[C@@H]1CCN(C)[C@H]1c1cccnc1. The number of likely N-dealkylation sites (tertiary alicyclic amines) is 1. The van der Waals surface area contributed by atoms with Crippen molar-refractivity contribution in [1.82, 2.24) is 24.9 Å². The summed E-state index contributed by atoms with van der Waals surface area (Å²) in [5.41, 5.74) is 1.31. The molecule has 6 nitrogen and oxygen atoms in total. The van der Waals surface area contributed by atoms with Gasteiger partial charge in [0.1, 0.15) is 0 Å². The predicted molar refractivity (Wildman–Crippen MR) is 95.0 cm³/mol. The Morgan fingerprint density at radius 1 is 1.36 bits per heavy atom. The van der Waals surface area contributed by atoms with Crippen molar-refractivity contribution >= 4 is 0 Å². The first-order chi connectivity index (χ1) is 12.1. The average molecular weight is 341 g/mol. The minimum absolute atomic E-state index is 0.139. The Kier molecular flexibility index (Phi) is 4.56. The summed E-state index contributed by atoms with van der Waals surface area (Å²) in [7, 11) is 4.37. The zero-order valence-electron chi connectivity index (χ0n) is 15.3. The van der Waals surface area contributed by atoms with Gasteiger partial charge in [0.25, 0.3) is 0 Å². The Morgan fingerprint density at radius 2 is 2.20 bits per heavy atom. The summed E-state index contributed by atoms with van der Waals surface area (Å²) in [5, 5.41) is 4.16. The molecule has 0 unspecified atom stereocenters. The molecule has 2 aromatic heterocycles. The van der Waals surface area contributed by atoms with Gasteiger partial charge in [-0.3, -0.25) is 14.8 Å². The lowest BCUT2D eigenvalue weighted by Crippen LogP contribution is -2.32. The molecule has 0 aromatic carbocycles. The lowest BCUT2D eigenvalue weighted by Gasteiger charge is -2.30. The summed E-state index contributed by atoms with van der Waals surface area (Å²) in [6, 6.07) is 4.78. The molecule has 2 aliphatic rings.